The largest absolute Gasteiger partial charge is 1.00 e. The first-order valence-corrected chi connectivity index (χ1v) is 13.7. The Bertz CT molecular complexity index is 1340. The molecule has 0 saturated carbocycles. The number of aromatic nitrogens is 1. The molecule has 4 aliphatic rings. The number of benzene rings is 2. The van der Waals surface area contributed by atoms with Crippen LogP contribution >= 0.6 is 11.3 Å². The second-order valence-electron chi connectivity index (χ2n) is 9.25. The zero-order valence-corrected chi connectivity index (χ0v) is 23.4. The molecular formula is C24H31IN4O2S2. The van der Waals surface area contributed by atoms with Gasteiger partial charge in [-0.2, -0.15) is 4.31 Å². The first-order valence-electron chi connectivity index (χ1n) is 11.4. The van der Waals surface area contributed by atoms with Gasteiger partial charge in [0, 0.05) is 44.0 Å². The molecule has 0 aromatic heterocycles. The number of hydrogen-bond acceptors (Lipinski definition) is 5. The third-order valence-corrected chi connectivity index (χ3v) is 10.1. The van der Waals surface area contributed by atoms with Gasteiger partial charge in [-0.3, -0.25) is 0 Å². The molecule has 0 atom stereocenters. The smallest absolute Gasteiger partial charge is 0.216 e. The summed E-state index contributed by atoms with van der Waals surface area (Å²) in [4.78, 5) is 8.59. The molecule has 0 N–H and O–H groups in total. The summed E-state index contributed by atoms with van der Waals surface area (Å²) >= 11 is 1.81. The van der Waals surface area contributed by atoms with Crippen LogP contribution in [0.1, 0.15) is 31.4 Å². The number of halogens is 1. The van der Waals surface area contributed by atoms with Crippen LogP contribution in [0.5, 0.6) is 0 Å². The number of fused-ring (bicyclic) bond motifs is 2. The molecule has 1 aromatic rings. The van der Waals surface area contributed by atoms with Gasteiger partial charge in [-0.25, -0.2) is 18.0 Å². The summed E-state index contributed by atoms with van der Waals surface area (Å²) in [5.74, 6) is 0. The summed E-state index contributed by atoms with van der Waals surface area (Å²) in [5, 5.41) is 0.928. The van der Waals surface area contributed by atoms with Crippen LogP contribution in [0, 0.1) is 13.8 Å². The lowest BCUT2D eigenvalue weighted by molar-refractivity contribution is -0.00000906. The fourth-order valence-corrected chi connectivity index (χ4v) is 7.04. The first kappa shape index (κ1) is 24.8. The van der Waals surface area contributed by atoms with Gasteiger partial charge in [0.25, 0.3) is 0 Å². The van der Waals surface area contributed by atoms with Gasteiger partial charge in [0.05, 0.1) is 32.5 Å². The van der Waals surface area contributed by atoms with Gasteiger partial charge in [0.2, 0.25) is 15.4 Å². The van der Waals surface area contributed by atoms with Crippen LogP contribution in [0.15, 0.2) is 24.3 Å². The Labute approximate surface area is 217 Å². The van der Waals surface area contributed by atoms with Crippen molar-refractivity contribution in [1.29, 1.82) is 0 Å². The lowest BCUT2D eigenvalue weighted by atomic mass is 10.1. The standard InChI is InChI=1S/C24H31N4O2S2.HI/c1-16(2)32(29,30)28-10-8-27(9-11-28)20-13-18(4)24-22(15-20)31-21-14-19(26-6-5-7-26)12-17(3)23(21)25-24;/h12-16H,5-11H2,1-4H3;1H/q+1;/p-1. The quantitative estimate of drug-likeness (QED) is 0.243. The summed E-state index contributed by atoms with van der Waals surface area (Å²) in [6.45, 7) is 12.6. The van der Waals surface area contributed by atoms with E-state index < -0.39 is 10.0 Å². The summed E-state index contributed by atoms with van der Waals surface area (Å²) in [6.07, 6.45) is 1.27. The molecule has 9 heteroatoms. The maximum absolute atomic E-state index is 12.5. The van der Waals surface area contributed by atoms with Gasteiger partial charge in [-0.05, 0) is 51.0 Å². The van der Waals surface area contributed by atoms with Crippen LogP contribution in [0.25, 0.3) is 20.8 Å². The topological polar surface area (TPSA) is 56.5 Å². The van der Waals surface area contributed by atoms with Crippen LogP contribution in [0.3, 0.4) is 0 Å². The van der Waals surface area contributed by atoms with E-state index in [1.165, 1.54) is 32.5 Å². The van der Waals surface area contributed by atoms with Gasteiger partial charge < -0.3 is 28.9 Å². The van der Waals surface area contributed by atoms with E-state index in [9.17, 15) is 8.42 Å². The van der Waals surface area contributed by atoms with Crippen molar-refractivity contribution in [3.63, 3.8) is 0 Å². The van der Waals surface area contributed by atoms with E-state index >= 15 is 0 Å². The van der Waals surface area contributed by atoms with Gasteiger partial charge in [-0.1, -0.05) is 0 Å². The Morgan fingerprint density at radius 3 is 2.30 bits per heavy atom. The zero-order valence-electron chi connectivity index (χ0n) is 19.6. The molecule has 0 amide bonds. The van der Waals surface area contributed by atoms with Gasteiger partial charge in [-0.15, -0.1) is 11.3 Å². The Balaban J connectivity index is 0.00000259. The highest BCUT2D eigenvalue weighted by atomic mass is 127. The number of anilines is 1. The van der Waals surface area contributed by atoms with Crippen molar-refractivity contribution in [3.05, 3.63) is 40.7 Å². The molecule has 0 spiro atoms. The Hall–Kier alpha value is -1.30. The molecule has 1 aliphatic carbocycles. The minimum absolute atomic E-state index is 0. The van der Waals surface area contributed by atoms with E-state index in [-0.39, 0.29) is 29.2 Å². The summed E-state index contributed by atoms with van der Waals surface area (Å²) in [7, 11) is -3.19. The molecule has 2 saturated heterocycles. The summed E-state index contributed by atoms with van der Waals surface area (Å²) < 4.78 is 30.3. The molecule has 2 fully saturated rings. The molecular weight excluding hydrogens is 567 g/mol. The van der Waals surface area contributed by atoms with Gasteiger partial charge in [0.1, 0.15) is 13.1 Å². The zero-order chi connectivity index (χ0) is 22.6. The third-order valence-electron chi connectivity index (χ3n) is 6.72. The van der Waals surface area contributed by atoms with E-state index in [1.54, 1.807) is 18.2 Å². The average molecular weight is 599 g/mol. The number of aryl methyl sites for hydroxylation is 2. The van der Waals surface area contributed by atoms with Crippen LogP contribution < -0.4 is 38.8 Å². The fourth-order valence-electron chi connectivity index (χ4n) is 4.57. The lowest BCUT2D eigenvalue weighted by Crippen LogP contribution is -3.00. The Morgan fingerprint density at radius 2 is 1.70 bits per heavy atom. The molecule has 5 rings (SSSR count). The molecule has 3 aliphatic heterocycles. The SMILES string of the molecule is Cc1cc(=[N+]2CCC2)cc2sc3cc(N4CCN(S(=O)(=O)C(C)C)CC4)cc(C)c3nc1-2.[I-]. The number of rotatable bonds is 3. The molecule has 0 bridgehead atoms. The third kappa shape index (κ3) is 4.53. The number of piperazine rings is 1. The van der Waals surface area contributed by atoms with Gasteiger partial charge >= 0.3 is 0 Å². The maximum atomic E-state index is 12.5. The molecule has 33 heavy (non-hydrogen) atoms. The Kier molecular flexibility index (Phi) is 7.06. The summed E-state index contributed by atoms with van der Waals surface area (Å²) in [6, 6.07) is 8.99. The van der Waals surface area contributed by atoms with Crippen molar-refractivity contribution < 1.29 is 32.4 Å². The molecule has 6 nitrogen and oxygen atoms in total. The van der Waals surface area contributed by atoms with E-state index in [0.29, 0.717) is 26.2 Å². The van der Waals surface area contributed by atoms with Crippen LogP contribution in [0.2, 0.25) is 0 Å². The maximum Gasteiger partial charge on any atom is 0.216 e. The van der Waals surface area contributed by atoms with Crippen molar-refractivity contribution >= 4 is 37.3 Å². The summed E-state index contributed by atoms with van der Waals surface area (Å²) in [5.41, 5.74) is 5.71. The van der Waals surface area contributed by atoms with Crippen molar-refractivity contribution in [3.8, 4) is 10.6 Å². The van der Waals surface area contributed by atoms with E-state index in [2.05, 4.69) is 47.6 Å². The second kappa shape index (κ2) is 9.39. The number of sulfonamides is 1. The highest BCUT2D eigenvalue weighted by Crippen LogP contribution is 2.35. The monoisotopic (exact) mass is 598 g/mol. The van der Waals surface area contributed by atoms with Gasteiger partial charge in [0.15, 0.2) is 0 Å². The first-order chi connectivity index (χ1) is 15.2. The number of hydrogen-bond donors (Lipinski definition) is 0. The van der Waals surface area contributed by atoms with Crippen LogP contribution in [-0.2, 0) is 10.0 Å². The number of nitrogens with zero attached hydrogens (tertiary/aromatic N) is 4. The van der Waals surface area contributed by atoms with Crippen molar-refractivity contribution in [1.82, 2.24) is 13.9 Å². The predicted octanol–water partition coefficient (Wildman–Crippen LogP) is 0.0580. The van der Waals surface area contributed by atoms with E-state index in [4.69, 9.17) is 4.98 Å². The normalized spacial score (nSPS) is 17.5. The highest BCUT2D eigenvalue weighted by molar-refractivity contribution is 7.89. The second-order valence-corrected chi connectivity index (χ2v) is 12.8. The molecule has 1 aromatic carbocycles. The van der Waals surface area contributed by atoms with Crippen molar-refractivity contribution in [2.24, 2.45) is 0 Å². The molecule has 178 valence electrons. The van der Waals surface area contributed by atoms with Crippen molar-refractivity contribution in [2.45, 2.75) is 39.4 Å². The van der Waals surface area contributed by atoms with Crippen LogP contribution in [0.4, 0.5) is 5.69 Å². The minimum Gasteiger partial charge on any atom is -1.00 e. The Morgan fingerprint density at radius 1 is 1.00 bits per heavy atom. The van der Waals surface area contributed by atoms with E-state index in [0.717, 1.165) is 30.0 Å². The molecule has 0 unspecified atom stereocenters. The average Bonchev–Trinajstić information content (AvgIpc) is 2.71. The lowest BCUT2D eigenvalue weighted by Gasteiger charge is -2.36. The van der Waals surface area contributed by atoms with E-state index in [1.807, 2.05) is 11.3 Å². The highest BCUT2D eigenvalue weighted by Gasteiger charge is 2.29. The van der Waals surface area contributed by atoms with Crippen molar-refractivity contribution in [2.75, 3.05) is 44.2 Å². The van der Waals surface area contributed by atoms with Crippen LogP contribution in [-0.4, -0.2) is 62.2 Å². The predicted molar refractivity (Wildman–Crippen MR) is 133 cm³/mol. The fraction of sp³-hybridized carbons (Fsp3) is 0.500. The molecule has 0 radical (unpaired) electrons. The minimum atomic E-state index is -3.19. The molecule has 3 heterocycles.